The summed E-state index contributed by atoms with van der Waals surface area (Å²) in [4.78, 5) is 0. The molecule has 19 heavy (non-hydrogen) atoms. The number of nitrogens with one attached hydrogen (secondary N) is 1. The van der Waals surface area contributed by atoms with E-state index in [0.29, 0.717) is 0 Å². The van der Waals surface area contributed by atoms with Crippen LogP contribution in [0.3, 0.4) is 0 Å². The summed E-state index contributed by atoms with van der Waals surface area (Å²) in [6, 6.07) is 5.30. The molecule has 0 heterocycles. The maximum atomic E-state index is 12.4. The molecule has 1 N–H and O–H groups in total. The van der Waals surface area contributed by atoms with Crippen molar-refractivity contribution in [2.45, 2.75) is 32.9 Å². The van der Waals surface area contributed by atoms with Crippen LogP contribution in [0.4, 0.5) is 13.2 Å². The second-order valence-corrected chi connectivity index (χ2v) is 4.50. The Bertz CT molecular complexity index is 404. The standard InChI is InChI=1S/C15H20F3N/c1-3-10-19-11-4-5-12(2)13-6-8-14(9-7-13)15(16,17)18/h5-9,19H,3-4,10-11H2,1-2H3. The van der Waals surface area contributed by atoms with Crippen molar-refractivity contribution in [2.75, 3.05) is 13.1 Å². The summed E-state index contributed by atoms with van der Waals surface area (Å²) in [5.41, 5.74) is 1.24. The van der Waals surface area contributed by atoms with Gasteiger partial charge in [-0.15, -0.1) is 0 Å². The molecule has 0 atom stereocenters. The minimum atomic E-state index is -4.26. The number of rotatable bonds is 6. The minimum absolute atomic E-state index is 0.603. The maximum absolute atomic E-state index is 12.4. The van der Waals surface area contributed by atoms with Crippen molar-refractivity contribution in [2.24, 2.45) is 0 Å². The molecule has 0 aliphatic carbocycles. The first-order valence-corrected chi connectivity index (χ1v) is 6.50. The molecule has 0 saturated carbocycles. The van der Waals surface area contributed by atoms with Crippen molar-refractivity contribution in [1.29, 1.82) is 0 Å². The van der Waals surface area contributed by atoms with Crippen LogP contribution in [0.15, 0.2) is 30.3 Å². The quantitative estimate of drug-likeness (QED) is 0.751. The van der Waals surface area contributed by atoms with E-state index in [1.807, 2.05) is 13.0 Å². The third-order valence-corrected chi connectivity index (χ3v) is 2.87. The van der Waals surface area contributed by atoms with Crippen molar-refractivity contribution < 1.29 is 13.2 Å². The number of allylic oxidation sites excluding steroid dienone is 1. The van der Waals surface area contributed by atoms with Crippen LogP contribution in [-0.2, 0) is 6.18 Å². The Balaban J connectivity index is 2.57. The molecule has 0 aliphatic heterocycles. The van der Waals surface area contributed by atoms with E-state index in [4.69, 9.17) is 0 Å². The molecular formula is C15H20F3N. The van der Waals surface area contributed by atoms with Crippen LogP contribution >= 0.6 is 0 Å². The van der Waals surface area contributed by atoms with Gasteiger partial charge in [-0.1, -0.05) is 25.1 Å². The van der Waals surface area contributed by atoms with Crippen molar-refractivity contribution in [1.82, 2.24) is 5.32 Å². The first-order chi connectivity index (χ1) is 8.95. The molecule has 0 radical (unpaired) electrons. The van der Waals surface area contributed by atoms with Crippen LogP contribution in [0.25, 0.3) is 5.57 Å². The predicted octanol–water partition coefficient (Wildman–Crippen LogP) is 4.50. The highest BCUT2D eigenvalue weighted by atomic mass is 19.4. The fourth-order valence-corrected chi connectivity index (χ4v) is 1.73. The Morgan fingerprint density at radius 2 is 1.79 bits per heavy atom. The number of hydrogen-bond donors (Lipinski definition) is 1. The number of halogens is 3. The Kier molecular flexibility index (Phi) is 6.09. The van der Waals surface area contributed by atoms with Crippen molar-refractivity contribution >= 4 is 5.57 Å². The summed E-state index contributed by atoms with van der Waals surface area (Å²) < 4.78 is 37.3. The number of benzene rings is 1. The minimum Gasteiger partial charge on any atom is -0.316 e. The van der Waals surface area contributed by atoms with Gasteiger partial charge in [0, 0.05) is 0 Å². The third-order valence-electron chi connectivity index (χ3n) is 2.87. The smallest absolute Gasteiger partial charge is 0.316 e. The van der Waals surface area contributed by atoms with Gasteiger partial charge in [-0.05, 0) is 56.1 Å². The van der Waals surface area contributed by atoms with Gasteiger partial charge in [-0.3, -0.25) is 0 Å². The average molecular weight is 271 g/mol. The molecule has 1 aromatic carbocycles. The highest BCUT2D eigenvalue weighted by molar-refractivity contribution is 5.63. The molecule has 1 nitrogen and oxygen atoms in total. The lowest BCUT2D eigenvalue weighted by Crippen LogP contribution is -2.15. The van der Waals surface area contributed by atoms with E-state index in [-0.39, 0.29) is 0 Å². The van der Waals surface area contributed by atoms with Gasteiger partial charge in [0.25, 0.3) is 0 Å². The van der Waals surface area contributed by atoms with Gasteiger partial charge in [0.2, 0.25) is 0 Å². The van der Waals surface area contributed by atoms with Gasteiger partial charge in [0.1, 0.15) is 0 Å². The lowest BCUT2D eigenvalue weighted by Gasteiger charge is -2.08. The van der Waals surface area contributed by atoms with Gasteiger partial charge < -0.3 is 5.32 Å². The molecule has 0 saturated heterocycles. The first-order valence-electron chi connectivity index (χ1n) is 6.50. The summed E-state index contributed by atoms with van der Waals surface area (Å²) in [6.45, 7) is 5.91. The Morgan fingerprint density at radius 1 is 1.16 bits per heavy atom. The fraction of sp³-hybridized carbons (Fsp3) is 0.467. The summed E-state index contributed by atoms with van der Waals surface area (Å²) in [6.07, 6.45) is -0.236. The normalized spacial score (nSPS) is 12.8. The highest BCUT2D eigenvalue weighted by Gasteiger charge is 2.29. The summed E-state index contributed by atoms with van der Waals surface area (Å²) in [5.74, 6) is 0. The van der Waals surface area contributed by atoms with Crippen LogP contribution in [0.5, 0.6) is 0 Å². The van der Waals surface area contributed by atoms with Gasteiger partial charge >= 0.3 is 6.18 Å². The first kappa shape index (κ1) is 15.8. The van der Waals surface area contributed by atoms with Crippen molar-refractivity contribution in [3.8, 4) is 0 Å². The largest absolute Gasteiger partial charge is 0.416 e. The molecule has 106 valence electrons. The van der Waals surface area contributed by atoms with Crippen LogP contribution in [0.2, 0.25) is 0 Å². The molecule has 4 heteroatoms. The monoisotopic (exact) mass is 271 g/mol. The van der Waals surface area contributed by atoms with Gasteiger partial charge in [0.15, 0.2) is 0 Å². The van der Waals surface area contributed by atoms with Crippen molar-refractivity contribution in [3.05, 3.63) is 41.5 Å². The predicted molar refractivity (Wildman–Crippen MR) is 72.9 cm³/mol. The van der Waals surface area contributed by atoms with Crippen LogP contribution < -0.4 is 5.32 Å². The second-order valence-electron chi connectivity index (χ2n) is 4.50. The van der Waals surface area contributed by atoms with E-state index in [1.165, 1.54) is 12.1 Å². The fourth-order valence-electron chi connectivity index (χ4n) is 1.73. The van der Waals surface area contributed by atoms with Gasteiger partial charge in [-0.2, -0.15) is 13.2 Å². The summed E-state index contributed by atoms with van der Waals surface area (Å²) in [5, 5.41) is 3.28. The van der Waals surface area contributed by atoms with Gasteiger partial charge in [0.05, 0.1) is 5.56 Å². The van der Waals surface area contributed by atoms with Crippen LogP contribution in [0.1, 0.15) is 37.8 Å². The maximum Gasteiger partial charge on any atom is 0.416 e. The molecule has 1 aromatic rings. The molecule has 0 aliphatic rings. The molecule has 0 unspecified atom stereocenters. The molecule has 0 bridgehead atoms. The zero-order valence-corrected chi connectivity index (χ0v) is 11.3. The SMILES string of the molecule is CCCNCCC=C(C)c1ccc(C(F)(F)F)cc1. The highest BCUT2D eigenvalue weighted by Crippen LogP contribution is 2.30. The molecular weight excluding hydrogens is 251 g/mol. The van der Waals surface area contributed by atoms with E-state index in [9.17, 15) is 13.2 Å². The molecule has 0 fully saturated rings. The Morgan fingerprint density at radius 3 is 2.32 bits per heavy atom. The van der Waals surface area contributed by atoms with Crippen molar-refractivity contribution in [3.63, 3.8) is 0 Å². The summed E-state index contributed by atoms with van der Waals surface area (Å²) >= 11 is 0. The molecule has 0 aromatic heterocycles. The second kappa shape index (κ2) is 7.34. The van der Waals surface area contributed by atoms with E-state index in [0.717, 1.165) is 49.2 Å². The van der Waals surface area contributed by atoms with E-state index in [1.54, 1.807) is 0 Å². The summed E-state index contributed by atoms with van der Waals surface area (Å²) in [7, 11) is 0. The lowest BCUT2D eigenvalue weighted by molar-refractivity contribution is -0.137. The number of alkyl halides is 3. The number of hydrogen-bond acceptors (Lipinski definition) is 1. The molecule has 0 amide bonds. The zero-order chi connectivity index (χ0) is 14.3. The third kappa shape index (κ3) is 5.47. The van der Waals surface area contributed by atoms with E-state index >= 15 is 0 Å². The zero-order valence-electron chi connectivity index (χ0n) is 11.3. The molecule has 1 rings (SSSR count). The molecule has 0 spiro atoms. The van der Waals surface area contributed by atoms with E-state index in [2.05, 4.69) is 12.2 Å². The topological polar surface area (TPSA) is 12.0 Å². The average Bonchev–Trinajstić information content (AvgIpc) is 2.37. The lowest BCUT2D eigenvalue weighted by atomic mass is 10.0. The van der Waals surface area contributed by atoms with E-state index < -0.39 is 11.7 Å². The van der Waals surface area contributed by atoms with Crippen LogP contribution in [0, 0.1) is 0 Å². The Hall–Kier alpha value is -1.29. The Labute approximate surface area is 112 Å². The van der Waals surface area contributed by atoms with Crippen LogP contribution in [-0.4, -0.2) is 13.1 Å². The van der Waals surface area contributed by atoms with Gasteiger partial charge in [-0.25, -0.2) is 0 Å².